The molecule has 1 aromatic carbocycles. The number of hydrogen-bond donors (Lipinski definition) is 4. The van der Waals surface area contributed by atoms with Crippen molar-refractivity contribution < 1.29 is 27.5 Å². The summed E-state index contributed by atoms with van der Waals surface area (Å²) in [4.78, 5) is 41.3. The number of alkyl halides is 3. The van der Waals surface area contributed by atoms with Gasteiger partial charge in [-0.3, -0.25) is 19.4 Å². The number of amides is 2. The highest BCUT2D eigenvalue weighted by molar-refractivity contribution is 6.31. The Morgan fingerprint density at radius 1 is 1.16 bits per heavy atom. The second-order valence-electron chi connectivity index (χ2n) is 8.32. The van der Waals surface area contributed by atoms with Crippen molar-refractivity contribution in [3.63, 3.8) is 0 Å². The third-order valence-electron chi connectivity index (χ3n) is 5.64. The molecule has 0 unspecified atom stereocenters. The average molecular weight is 571 g/mol. The van der Waals surface area contributed by atoms with Crippen molar-refractivity contribution in [3.8, 4) is 0 Å². The molecule has 15 heteroatoms. The van der Waals surface area contributed by atoms with Crippen LogP contribution in [-0.4, -0.2) is 45.7 Å². The van der Waals surface area contributed by atoms with Crippen LogP contribution >= 0.6 is 23.2 Å². The van der Waals surface area contributed by atoms with Crippen LogP contribution in [0.4, 0.5) is 24.5 Å². The molecule has 1 fully saturated rings. The second-order valence-corrected chi connectivity index (χ2v) is 9.16. The number of aromatic nitrogens is 3. The van der Waals surface area contributed by atoms with E-state index in [0.717, 1.165) is 18.3 Å². The Labute approximate surface area is 222 Å². The number of ether oxygens (including phenoxy) is 1. The molecule has 10 nitrogen and oxygen atoms in total. The molecule has 0 spiro atoms. The highest BCUT2D eigenvalue weighted by Crippen LogP contribution is 2.38. The molecule has 1 aliphatic rings. The smallest absolute Gasteiger partial charge is 0.378 e. The van der Waals surface area contributed by atoms with E-state index in [0.29, 0.717) is 0 Å². The average Bonchev–Trinajstić information content (AvgIpc) is 3.33. The van der Waals surface area contributed by atoms with Gasteiger partial charge in [0.1, 0.15) is 5.54 Å². The lowest BCUT2D eigenvalue weighted by atomic mass is 9.96. The van der Waals surface area contributed by atoms with Gasteiger partial charge in [0.2, 0.25) is 5.91 Å². The van der Waals surface area contributed by atoms with Crippen LogP contribution in [0.15, 0.2) is 47.5 Å². The van der Waals surface area contributed by atoms with Crippen LogP contribution in [-0.2, 0) is 22.3 Å². The van der Waals surface area contributed by atoms with E-state index in [1.807, 2.05) is 0 Å². The van der Waals surface area contributed by atoms with E-state index in [-0.39, 0.29) is 58.9 Å². The topological polar surface area (TPSA) is 138 Å². The molecule has 1 aliphatic heterocycles. The third-order valence-corrected chi connectivity index (χ3v) is 6.20. The number of rotatable bonds is 7. The van der Waals surface area contributed by atoms with Gasteiger partial charge in [0.15, 0.2) is 0 Å². The summed E-state index contributed by atoms with van der Waals surface area (Å²) in [5, 5.41) is 13.6. The first-order valence-corrected chi connectivity index (χ1v) is 11.7. The first-order valence-electron chi connectivity index (χ1n) is 11.0. The molecule has 0 aliphatic carbocycles. The van der Waals surface area contributed by atoms with E-state index >= 15 is 0 Å². The van der Waals surface area contributed by atoms with Crippen LogP contribution in [0.5, 0.6) is 0 Å². The molecule has 2 aromatic heterocycles. The number of carbonyl (C=O) groups excluding carboxylic acids is 2. The van der Waals surface area contributed by atoms with Crippen molar-refractivity contribution in [1.29, 1.82) is 0 Å². The second kappa shape index (κ2) is 11.0. The molecule has 0 bridgehead atoms. The van der Waals surface area contributed by atoms with Crippen molar-refractivity contribution in [2.75, 3.05) is 18.5 Å². The number of H-pyrrole nitrogens is 1. The monoisotopic (exact) mass is 570 g/mol. The van der Waals surface area contributed by atoms with Crippen molar-refractivity contribution in [2.45, 2.75) is 24.7 Å². The summed E-state index contributed by atoms with van der Waals surface area (Å²) < 4.78 is 45.4. The molecule has 4 rings (SSSR count). The molecule has 38 heavy (non-hydrogen) atoms. The quantitative estimate of drug-likeness (QED) is 0.341. The maximum atomic E-state index is 13.4. The van der Waals surface area contributed by atoms with Gasteiger partial charge in [-0.15, -0.1) is 0 Å². The van der Waals surface area contributed by atoms with Crippen LogP contribution in [0.3, 0.4) is 0 Å². The highest BCUT2D eigenvalue weighted by atomic mass is 35.5. The summed E-state index contributed by atoms with van der Waals surface area (Å²) in [6.45, 7) is -0.0317. The number of anilines is 2. The van der Waals surface area contributed by atoms with Crippen molar-refractivity contribution in [3.05, 3.63) is 79.9 Å². The first kappa shape index (κ1) is 27.4. The number of hydrogen-bond acceptors (Lipinski definition) is 7. The van der Waals surface area contributed by atoms with Crippen LogP contribution in [0.25, 0.3) is 0 Å². The van der Waals surface area contributed by atoms with Crippen molar-refractivity contribution >= 4 is 46.4 Å². The molecule has 1 atom stereocenters. The molecule has 1 saturated heterocycles. The SMILES string of the molecule is O=C(N[C@@]1(C(=O)NCc2ncc(Nc3ccc(Cl)cc3C(F)(F)F)cc2Cl)CCOC1)c1cn[nH]c(=O)c1. The van der Waals surface area contributed by atoms with Crippen molar-refractivity contribution in [2.24, 2.45) is 0 Å². The Morgan fingerprint density at radius 2 is 1.95 bits per heavy atom. The molecule has 0 radical (unpaired) electrons. The van der Waals surface area contributed by atoms with Crippen LogP contribution < -0.4 is 21.5 Å². The number of nitrogens with one attached hydrogen (secondary N) is 4. The molecule has 2 amide bonds. The largest absolute Gasteiger partial charge is 0.418 e. The van der Waals surface area contributed by atoms with E-state index in [1.54, 1.807) is 0 Å². The van der Waals surface area contributed by atoms with Crippen LogP contribution in [0, 0.1) is 0 Å². The Bertz CT molecular complexity index is 1430. The van der Waals surface area contributed by atoms with Crippen LogP contribution in [0.2, 0.25) is 10.0 Å². The Hall–Kier alpha value is -3.68. The summed E-state index contributed by atoms with van der Waals surface area (Å²) in [7, 11) is 0. The number of aromatic amines is 1. The lowest BCUT2D eigenvalue weighted by molar-refractivity contribution is -0.137. The zero-order chi connectivity index (χ0) is 27.5. The summed E-state index contributed by atoms with van der Waals surface area (Å²) in [5.74, 6) is -1.26. The maximum absolute atomic E-state index is 13.4. The summed E-state index contributed by atoms with van der Waals surface area (Å²) in [5.41, 5.74) is -2.81. The summed E-state index contributed by atoms with van der Waals surface area (Å²) in [6, 6.07) is 5.71. The van der Waals surface area contributed by atoms with E-state index < -0.39 is 34.7 Å². The number of pyridine rings is 1. The predicted octanol–water partition coefficient (Wildman–Crippen LogP) is 3.44. The fourth-order valence-electron chi connectivity index (χ4n) is 3.70. The maximum Gasteiger partial charge on any atom is 0.418 e. The predicted molar refractivity (Wildman–Crippen MR) is 131 cm³/mol. The fourth-order valence-corrected chi connectivity index (χ4v) is 4.11. The summed E-state index contributed by atoms with van der Waals surface area (Å²) >= 11 is 12.0. The summed E-state index contributed by atoms with van der Waals surface area (Å²) in [6.07, 6.45) is -2.05. The van der Waals surface area contributed by atoms with Gasteiger partial charge in [0.05, 0.1) is 58.8 Å². The first-order chi connectivity index (χ1) is 18.0. The molecule has 4 N–H and O–H groups in total. The number of halogens is 5. The minimum Gasteiger partial charge on any atom is -0.378 e. The zero-order valence-corrected chi connectivity index (χ0v) is 20.8. The van der Waals surface area contributed by atoms with Crippen molar-refractivity contribution in [1.82, 2.24) is 25.8 Å². The van der Waals surface area contributed by atoms with Gasteiger partial charge in [-0.25, -0.2) is 5.10 Å². The number of benzene rings is 1. The fraction of sp³-hybridized carbons (Fsp3) is 0.261. The van der Waals surface area contributed by atoms with Gasteiger partial charge in [-0.1, -0.05) is 23.2 Å². The molecule has 200 valence electrons. The van der Waals surface area contributed by atoms with Crippen LogP contribution in [0.1, 0.15) is 28.0 Å². The minimum atomic E-state index is -4.64. The molecular weight excluding hydrogens is 552 g/mol. The number of nitrogens with zero attached hydrogens (tertiary/aromatic N) is 2. The van der Waals surface area contributed by atoms with E-state index in [9.17, 15) is 27.6 Å². The normalized spacial score (nSPS) is 17.2. The van der Waals surface area contributed by atoms with Gasteiger partial charge in [0, 0.05) is 24.1 Å². The molecule has 3 heterocycles. The molecular formula is C23H19Cl2F3N6O4. The van der Waals surface area contributed by atoms with Gasteiger partial charge in [0.25, 0.3) is 11.5 Å². The number of carbonyl (C=O) groups is 2. The Morgan fingerprint density at radius 3 is 2.61 bits per heavy atom. The molecule has 3 aromatic rings. The van der Waals surface area contributed by atoms with E-state index in [4.69, 9.17) is 27.9 Å². The van der Waals surface area contributed by atoms with Gasteiger partial charge >= 0.3 is 6.18 Å². The van der Waals surface area contributed by atoms with E-state index in [2.05, 4.69) is 31.1 Å². The third kappa shape index (κ3) is 6.23. The van der Waals surface area contributed by atoms with Gasteiger partial charge in [-0.05, 0) is 24.3 Å². The zero-order valence-electron chi connectivity index (χ0n) is 19.3. The Kier molecular flexibility index (Phi) is 7.90. The lowest BCUT2D eigenvalue weighted by Crippen LogP contribution is -2.59. The Balaban J connectivity index is 1.45. The molecule has 0 saturated carbocycles. The highest BCUT2D eigenvalue weighted by Gasteiger charge is 2.44. The van der Waals surface area contributed by atoms with E-state index in [1.165, 1.54) is 24.4 Å². The lowest BCUT2D eigenvalue weighted by Gasteiger charge is -2.27. The standard InChI is InChI=1S/C23H19Cl2F3N6O4/c24-13-1-2-17(15(6-13)23(26,27)28)32-14-7-16(25)18(29-9-14)10-30-21(37)22(3-4-38-11-22)33-20(36)12-5-19(35)34-31-8-12/h1-2,5-9,32H,3-4,10-11H2,(H,30,37)(H,33,36)(H,34,35)/t22-/m0/s1. The minimum absolute atomic E-state index is 0.0324. The van der Waals surface area contributed by atoms with Gasteiger partial charge < -0.3 is 20.7 Å². The van der Waals surface area contributed by atoms with Gasteiger partial charge in [-0.2, -0.15) is 18.3 Å².